The van der Waals surface area contributed by atoms with Gasteiger partial charge in [-0.3, -0.25) is 4.90 Å². The Morgan fingerprint density at radius 2 is 1.72 bits per heavy atom. The summed E-state index contributed by atoms with van der Waals surface area (Å²) in [4.78, 5) is 26.5. The van der Waals surface area contributed by atoms with Crippen LogP contribution < -0.4 is 10.2 Å². The number of hydrogen-bond donors (Lipinski definition) is 2. The number of ether oxygens (including phenoxy) is 2. The van der Waals surface area contributed by atoms with E-state index in [1.54, 1.807) is 25.7 Å². The van der Waals surface area contributed by atoms with Crippen LogP contribution in [-0.4, -0.2) is 41.6 Å². The highest BCUT2D eigenvalue weighted by Crippen LogP contribution is 2.30. The normalized spacial score (nSPS) is 15.8. The molecular formula is C25H40N2O5. The van der Waals surface area contributed by atoms with Crippen LogP contribution in [0.3, 0.4) is 0 Å². The molecule has 1 fully saturated rings. The Kier molecular flexibility index (Phi) is 8.96. The lowest BCUT2D eigenvalue weighted by Gasteiger charge is -2.29. The molecule has 0 saturated heterocycles. The molecule has 180 valence electrons. The summed E-state index contributed by atoms with van der Waals surface area (Å²) in [6.45, 7) is 11.9. The fourth-order valence-corrected chi connectivity index (χ4v) is 3.75. The van der Waals surface area contributed by atoms with Gasteiger partial charge in [0.2, 0.25) is 0 Å². The van der Waals surface area contributed by atoms with Crippen molar-refractivity contribution >= 4 is 17.9 Å². The minimum absolute atomic E-state index is 0.276. The number of alkyl carbamates (subject to hydrolysis) is 1. The highest BCUT2D eigenvalue weighted by atomic mass is 16.6. The molecule has 7 heteroatoms. The number of nitrogens with one attached hydrogen (secondary N) is 1. The second kappa shape index (κ2) is 11.0. The maximum Gasteiger partial charge on any atom is 0.414 e. The maximum absolute atomic E-state index is 13.0. The summed E-state index contributed by atoms with van der Waals surface area (Å²) in [5.74, 6) is 0.453. The third-order valence-electron chi connectivity index (χ3n) is 5.18. The molecule has 0 aliphatic heterocycles. The zero-order valence-electron chi connectivity index (χ0n) is 20.4. The van der Waals surface area contributed by atoms with E-state index in [2.05, 4.69) is 5.32 Å². The van der Waals surface area contributed by atoms with Gasteiger partial charge in [0.1, 0.15) is 11.2 Å². The van der Waals surface area contributed by atoms with Crippen LogP contribution in [0.4, 0.5) is 15.3 Å². The van der Waals surface area contributed by atoms with Gasteiger partial charge in [-0.25, -0.2) is 9.59 Å². The fraction of sp³-hybridized carbons (Fsp3) is 0.680. The molecule has 1 aliphatic rings. The van der Waals surface area contributed by atoms with Gasteiger partial charge in [-0.05, 0) is 84.4 Å². The van der Waals surface area contributed by atoms with E-state index in [0.29, 0.717) is 30.1 Å². The highest BCUT2D eigenvalue weighted by molar-refractivity contribution is 5.88. The number of anilines is 1. The van der Waals surface area contributed by atoms with E-state index >= 15 is 0 Å². The van der Waals surface area contributed by atoms with Crippen LogP contribution in [0.2, 0.25) is 0 Å². The Morgan fingerprint density at radius 1 is 1.09 bits per heavy atom. The van der Waals surface area contributed by atoms with Gasteiger partial charge in [0.25, 0.3) is 0 Å². The van der Waals surface area contributed by atoms with Crippen LogP contribution in [0.1, 0.15) is 85.3 Å². The molecule has 1 aromatic rings. The summed E-state index contributed by atoms with van der Waals surface area (Å²) in [6.07, 6.45) is 3.27. The Hall–Kier alpha value is -2.28. The summed E-state index contributed by atoms with van der Waals surface area (Å²) in [6, 6.07) is 7.36. The topological polar surface area (TPSA) is 88.1 Å². The Morgan fingerprint density at radius 3 is 2.31 bits per heavy atom. The average molecular weight is 449 g/mol. The quantitative estimate of drug-likeness (QED) is 0.570. The van der Waals surface area contributed by atoms with Gasteiger partial charge < -0.3 is 19.9 Å². The zero-order valence-corrected chi connectivity index (χ0v) is 20.4. The molecule has 7 nitrogen and oxygen atoms in total. The maximum atomic E-state index is 13.0. The monoisotopic (exact) mass is 448 g/mol. The number of carbonyl (C=O) groups is 2. The first kappa shape index (κ1) is 26.0. The van der Waals surface area contributed by atoms with Crippen molar-refractivity contribution < 1.29 is 24.2 Å². The molecule has 1 atom stereocenters. The van der Waals surface area contributed by atoms with Crippen molar-refractivity contribution in [3.05, 3.63) is 29.8 Å². The van der Waals surface area contributed by atoms with Crippen molar-refractivity contribution in [1.29, 1.82) is 0 Å². The van der Waals surface area contributed by atoms with Crippen LogP contribution in [0.25, 0.3) is 0 Å². The summed E-state index contributed by atoms with van der Waals surface area (Å²) < 4.78 is 10.9. The third-order valence-corrected chi connectivity index (χ3v) is 5.18. The molecule has 32 heavy (non-hydrogen) atoms. The van der Waals surface area contributed by atoms with Crippen LogP contribution in [0.15, 0.2) is 24.3 Å². The molecule has 2 rings (SSSR count). The predicted molar refractivity (Wildman–Crippen MR) is 126 cm³/mol. The minimum atomic E-state index is -0.781. The second-order valence-electron chi connectivity index (χ2n) is 10.6. The minimum Gasteiger partial charge on any atom is -0.444 e. The summed E-state index contributed by atoms with van der Waals surface area (Å²) in [7, 11) is 0. The molecule has 0 spiro atoms. The van der Waals surface area contributed by atoms with Crippen LogP contribution in [-0.2, 0) is 9.47 Å². The summed E-state index contributed by atoms with van der Waals surface area (Å²) in [5, 5.41) is 13.3. The Bertz CT molecular complexity index is 760. The van der Waals surface area contributed by atoms with Gasteiger partial charge >= 0.3 is 12.2 Å². The summed E-state index contributed by atoms with van der Waals surface area (Å²) >= 11 is 0. The standard InChI is InChI=1S/C25H40N2O5/c1-24(2,3)31-22(29)26-15-14-21(28)19-12-9-13-20(16-19)27(17-18-10-7-8-11-18)23(30)32-25(4,5)6/h9,12-13,16,18,21,28H,7-8,10-11,14-15,17H2,1-6H3,(H,26,29). The number of aliphatic hydroxyl groups is 1. The lowest BCUT2D eigenvalue weighted by atomic mass is 10.0. The van der Waals surface area contributed by atoms with E-state index < -0.39 is 23.4 Å². The fourth-order valence-electron chi connectivity index (χ4n) is 3.75. The number of amides is 2. The van der Waals surface area contributed by atoms with E-state index in [0.717, 1.165) is 12.8 Å². The number of hydrogen-bond acceptors (Lipinski definition) is 5. The lowest BCUT2D eigenvalue weighted by Crippen LogP contribution is -2.39. The van der Waals surface area contributed by atoms with Gasteiger partial charge in [-0.2, -0.15) is 0 Å². The van der Waals surface area contributed by atoms with E-state index in [1.165, 1.54) is 12.8 Å². The van der Waals surface area contributed by atoms with Crippen molar-refractivity contribution in [3.63, 3.8) is 0 Å². The number of carbonyl (C=O) groups excluding carboxylic acids is 2. The van der Waals surface area contributed by atoms with E-state index in [9.17, 15) is 14.7 Å². The van der Waals surface area contributed by atoms with Crippen LogP contribution in [0, 0.1) is 5.92 Å². The van der Waals surface area contributed by atoms with Gasteiger partial charge in [-0.15, -0.1) is 0 Å². The molecular weight excluding hydrogens is 408 g/mol. The molecule has 0 bridgehead atoms. The molecule has 1 unspecified atom stereocenters. The molecule has 0 radical (unpaired) electrons. The van der Waals surface area contributed by atoms with Crippen LogP contribution in [0.5, 0.6) is 0 Å². The van der Waals surface area contributed by atoms with Gasteiger partial charge in [-0.1, -0.05) is 25.0 Å². The Labute approximate surface area is 192 Å². The SMILES string of the molecule is CC(C)(C)OC(=O)NCCC(O)c1cccc(N(CC2CCCC2)C(=O)OC(C)(C)C)c1. The molecule has 0 heterocycles. The first-order valence-electron chi connectivity index (χ1n) is 11.6. The van der Waals surface area contributed by atoms with Crippen LogP contribution >= 0.6 is 0 Å². The number of rotatable bonds is 7. The van der Waals surface area contributed by atoms with Crippen molar-refractivity contribution in [2.24, 2.45) is 5.92 Å². The molecule has 2 N–H and O–H groups in total. The van der Waals surface area contributed by atoms with Gasteiger partial charge in [0.15, 0.2) is 0 Å². The Balaban J connectivity index is 2.06. The van der Waals surface area contributed by atoms with Crippen molar-refractivity contribution in [2.45, 2.75) is 91.0 Å². The number of nitrogens with zero attached hydrogens (tertiary/aromatic N) is 1. The predicted octanol–water partition coefficient (Wildman–Crippen LogP) is 5.57. The molecule has 1 aliphatic carbocycles. The highest BCUT2D eigenvalue weighted by Gasteiger charge is 2.28. The lowest BCUT2D eigenvalue weighted by molar-refractivity contribution is 0.0515. The molecule has 1 aromatic carbocycles. The van der Waals surface area contributed by atoms with E-state index in [-0.39, 0.29) is 12.6 Å². The molecule has 1 saturated carbocycles. The van der Waals surface area contributed by atoms with Gasteiger partial charge in [0.05, 0.1) is 6.10 Å². The molecule has 2 amide bonds. The van der Waals surface area contributed by atoms with Crippen molar-refractivity contribution in [3.8, 4) is 0 Å². The third kappa shape index (κ3) is 9.07. The summed E-state index contributed by atoms with van der Waals surface area (Å²) in [5.41, 5.74) is 0.244. The first-order chi connectivity index (χ1) is 14.8. The number of aliphatic hydroxyl groups excluding tert-OH is 1. The average Bonchev–Trinajstić information content (AvgIpc) is 3.16. The van der Waals surface area contributed by atoms with Crippen molar-refractivity contribution in [1.82, 2.24) is 5.32 Å². The van der Waals surface area contributed by atoms with E-state index in [1.807, 2.05) is 45.0 Å². The molecule has 0 aromatic heterocycles. The second-order valence-corrected chi connectivity index (χ2v) is 10.6. The van der Waals surface area contributed by atoms with Gasteiger partial charge in [0, 0.05) is 18.8 Å². The zero-order chi connectivity index (χ0) is 23.9. The van der Waals surface area contributed by atoms with Crippen molar-refractivity contribution in [2.75, 3.05) is 18.0 Å². The van der Waals surface area contributed by atoms with E-state index in [4.69, 9.17) is 9.47 Å². The smallest absolute Gasteiger partial charge is 0.414 e. The largest absolute Gasteiger partial charge is 0.444 e. The number of benzene rings is 1. The first-order valence-corrected chi connectivity index (χ1v) is 11.6.